The quantitative estimate of drug-likeness (QED) is 0.347. The molecule has 6 heteroatoms. The molecular formula is C27H28N4O2. The number of para-hydroxylation sites is 2. The zero-order valence-corrected chi connectivity index (χ0v) is 18.4. The molecule has 4 rings (SSSR count). The molecule has 168 valence electrons. The normalized spacial score (nSPS) is 13.0. The van der Waals surface area contributed by atoms with Crippen molar-refractivity contribution in [2.75, 3.05) is 11.1 Å². The molecule has 0 aromatic heterocycles. The van der Waals surface area contributed by atoms with Gasteiger partial charge in [-0.25, -0.2) is 4.79 Å². The van der Waals surface area contributed by atoms with E-state index in [2.05, 4.69) is 10.6 Å². The molecule has 0 atom stereocenters. The second-order valence-electron chi connectivity index (χ2n) is 8.15. The molecule has 0 saturated heterocycles. The number of rotatable bonds is 8. The number of carbonyl (C=O) groups excluding carboxylic acids is 2. The number of nitrogens with one attached hydrogen (secondary N) is 2. The van der Waals surface area contributed by atoms with Crippen molar-refractivity contribution in [3.63, 3.8) is 0 Å². The largest absolute Gasteiger partial charge is 0.397 e. The topological polar surface area (TPSA) is 87.5 Å². The monoisotopic (exact) mass is 440 g/mol. The third-order valence-electron chi connectivity index (χ3n) is 5.51. The summed E-state index contributed by atoms with van der Waals surface area (Å²) in [5.41, 5.74) is 10.0. The molecule has 1 aliphatic carbocycles. The van der Waals surface area contributed by atoms with E-state index >= 15 is 0 Å². The molecule has 3 aromatic rings. The minimum absolute atomic E-state index is 0.0396. The van der Waals surface area contributed by atoms with Gasteiger partial charge in [-0.2, -0.15) is 0 Å². The predicted molar refractivity (Wildman–Crippen MR) is 132 cm³/mol. The highest BCUT2D eigenvalue weighted by molar-refractivity contribution is 6.03. The van der Waals surface area contributed by atoms with Crippen molar-refractivity contribution in [1.29, 1.82) is 0 Å². The molecule has 1 fully saturated rings. The zero-order valence-electron chi connectivity index (χ0n) is 18.4. The van der Waals surface area contributed by atoms with Crippen LogP contribution in [0.3, 0.4) is 0 Å². The lowest BCUT2D eigenvalue weighted by atomic mass is 10.1. The van der Waals surface area contributed by atoms with E-state index in [0.29, 0.717) is 30.5 Å². The average Bonchev–Trinajstić information content (AvgIpc) is 3.68. The number of benzene rings is 3. The lowest BCUT2D eigenvalue weighted by Crippen LogP contribution is -2.40. The fraction of sp³-hybridized carbons (Fsp3) is 0.185. The molecule has 3 aromatic carbocycles. The van der Waals surface area contributed by atoms with Gasteiger partial charge in [0.1, 0.15) is 0 Å². The van der Waals surface area contributed by atoms with Gasteiger partial charge in [-0.3, -0.25) is 4.79 Å². The maximum absolute atomic E-state index is 12.8. The Balaban J connectivity index is 1.32. The SMILES string of the molecule is Nc1ccccc1NC(=O)C=Cc1ccc(CN(C(=O)NCc2ccccc2)C2CC2)cc1. The second-order valence-corrected chi connectivity index (χ2v) is 8.15. The Kier molecular flexibility index (Phi) is 7.05. The number of anilines is 2. The van der Waals surface area contributed by atoms with E-state index in [0.717, 1.165) is 29.5 Å². The van der Waals surface area contributed by atoms with Gasteiger partial charge < -0.3 is 21.3 Å². The summed E-state index contributed by atoms with van der Waals surface area (Å²) >= 11 is 0. The summed E-state index contributed by atoms with van der Waals surface area (Å²) in [6.07, 6.45) is 5.32. The Morgan fingerprint density at radius 3 is 2.30 bits per heavy atom. The van der Waals surface area contributed by atoms with Gasteiger partial charge in [0.2, 0.25) is 5.91 Å². The number of nitrogens with zero attached hydrogens (tertiary/aromatic N) is 1. The highest BCUT2D eigenvalue weighted by Crippen LogP contribution is 2.28. The van der Waals surface area contributed by atoms with E-state index in [-0.39, 0.29) is 11.9 Å². The van der Waals surface area contributed by atoms with Crippen molar-refractivity contribution in [2.24, 2.45) is 0 Å². The van der Waals surface area contributed by atoms with Crippen LogP contribution in [0.15, 0.2) is 84.9 Å². The second kappa shape index (κ2) is 10.5. The first-order valence-corrected chi connectivity index (χ1v) is 11.1. The number of amides is 3. The van der Waals surface area contributed by atoms with Gasteiger partial charge >= 0.3 is 6.03 Å². The van der Waals surface area contributed by atoms with E-state index in [1.165, 1.54) is 6.08 Å². The van der Waals surface area contributed by atoms with Crippen molar-refractivity contribution >= 4 is 29.4 Å². The van der Waals surface area contributed by atoms with Crippen LogP contribution in [0.5, 0.6) is 0 Å². The highest BCUT2D eigenvalue weighted by Gasteiger charge is 2.32. The van der Waals surface area contributed by atoms with Crippen LogP contribution < -0.4 is 16.4 Å². The van der Waals surface area contributed by atoms with Gasteiger partial charge in [-0.05, 0) is 47.7 Å². The Bertz CT molecular complexity index is 1120. The molecule has 0 heterocycles. The van der Waals surface area contributed by atoms with Crippen LogP contribution in [-0.4, -0.2) is 22.9 Å². The number of nitrogen functional groups attached to an aromatic ring is 1. The maximum Gasteiger partial charge on any atom is 0.318 e. The van der Waals surface area contributed by atoms with Crippen molar-refractivity contribution in [2.45, 2.75) is 32.0 Å². The number of hydrogen-bond donors (Lipinski definition) is 3. The first-order chi connectivity index (χ1) is 16.1. The Morgan fingerprint density at radius 2 is 1.61 bits per heavy atom. The molecule has 3 amide bonds. The lowest BCUT2D eigenvalue weighted by Gasteiger charge is -2.23. The van der Waals surface area contributed by atoms with Crippen LogP contribution in [0, 0.1) is 0 Å². The summed E-state index contributed by atoms with van der Waals surface area (Å²) in [6, 6.07) is 25.2. The van der Waals surface area contributed by atoms with Crippen LogP contribution in [0.1, 0.15) is 29.5 Å². The lowest BCUT2D eigenvalue weighted by molar-refractivity contribution is -0.111. The van der Waals surface area contributed by atoms with Crippen LogP contribution in [0.25, 0.3) is 6.08 Å². The van der Waals surface area contributed by atoms with Gasteiger partial charge in [0.15, 0.2) is 0 Å². The molecule has 0 spiro atoms. The van der Waals surface area contributed by atoms with Crippen LogP contribution in [0.2, 0.25) is 0 Å². The molecule has 0 aliphatic heterocycles. The van der Waals surface area contributed by atoms with Crippen molar-refractivity contribution < 1.29 is 9.59 Å². The first-order valence-electron chi connectivity index (χ1n) is 11.1. The number of nitrogens with two attached hydrogens (primary N) is 1. The zero-order chi connectivity index (χ0) is 23.0. The number of carbonyl (C=O) groups is 2. The van der Waals surface area contributed by atoms with E-state index in [4.69, 9.17) is 5.73 Å². The van der Waals surface area contributed by atoms with Crippen LogP contribution in [0.4, 0.5) is 16.2 Å². The van der Waals surface area contributed by atoms with Gasteiger partial charge in [-0.15, -0.1) is 0 Å². The maximum atomic E-state index is 12.8. The molecular weight excluding hydrogens is 412 g/mol. The summed E-state index contributed by atoms with van der Waals surface area (Å²) < 4.78 is 0. The molecule has 1 saturated carbocycles. The van der Waals surface area contributed by atoms with Gasteiger partial charge in [0.05, 0.1) is 11.4 Å². The third-order valence-corrected chi connectivity index (χ3v) is 5.51. The van der Waals surface area contributed by atoms with Crippen LogP contribution in [-0.2, 0) is 17.9 Å². The molecule has 6 nitrogen and oxygen atoms in total. The van der Waals surface area contributed by atoms with Crippen molar-refractivity contribution in [1.82, 2.24) is 10.2 Å². The molecule has 0 radical (unpaired) electrons. The van der Waals surface area contributed by atoms with E-state index in [1.54, 1.807) is 18.2 Å². The Hall–Kier alpha value is -4.06. The van der Waals surface area contributed by atoms with E-state index in [9.17, 15) is 9.59 Å². The Labute approximate surface area is 194 Å². The Morgan fingerprint density at radius 1 is 0.909 bits per heavy atom. The van der Waals surface area contributed by atoms with Crippen molar-refractivity contribution in [3.8, 4) is 0 Å². The number of urea groups is 1. The average molecular weight is 441 g/mol. The van der Waals surface area contributed by atoms with Gasteiger partial charge in [-0.1, -0.05) is 66.7 Å². The molecule has 1 aliphatic rings. The van der Waals surface area contributed by atoms with E-state index in [1.807, 2.05) is 71.6 Å². The highest BCUT2D eigenvalue weighted by atomic mass is 16.2. The van der Waals surface area contributed by atoms with E-state index < -0.39 is 0 Å². The van der Waals surface area contributed by atoms with Gasteiger partial charge in [0, 0.05) is 25.2 Å². The molecule has 0 unspecified atom stereocenters. The van der Waals surface area contributed by atoms with Gasteiger partial charge in [0.25, 0.3) is 0 Å². The fourth-order valence-electron chi connectivity index (χ4n) is 3.52. The smallest absolute Gasteiger partial charge is 0.318 e. The summed E-state index contributed by atoms with van der Waals surface area (Å²) in [7, 11) is 0. The first kappa shape index (κ1) is 22.1. The standard InChI is InChI=1S/C27H28N4O2/c28-24-8-4-5-9-25(24)30-26(32)17-14-20-10-12-22(13-11-20)19-31(23-15-16-23)27(33)29-18-21-6-2-1-3-7-21/h1-14,17,23H,15-16,18-19,28H2,(H,29,33)(H,30,32). The summed E-state index contributed by atoms with van der Waals surface area (Å²) in [4.78, 5) is 26.8. The fourth-order valence-corrected chi connectivity index (χ4v) is 3.52. The summed E-state index contributed by atoms with van der Waals surface area (Å²) in [5.74, 6) is -0.244. The molecule has 0 bridgehead atoms. The molecule has 4 N–H and O–H groups in total. The van der Waals surface area contributed by atoms with Crippen LogP contribution >= 0.6 is 0 Å². The predicted octanol–water partition coefficient (Wildman–Crippen LogP) is 4.79. The summed E-state index contributed by atoms with van der Waals surface area (Å²) in [6.45, 7) is 1.08. The number of hydrogen-bond acceptors (Lipinski definition) is 3. The minimum atomic E-state index is -0.244. The minimum Gasteiger partial charge on any atom is -0.397 e. The molecule has 33 heavy (non-hydrogen) atoms. The third kappa shape index (κ3) is 6.46. The van der Waals surface area contributed by atoms with Crippen molar-refractivity contribution in [3.05, 3.63) is 102 Å². The summed E-state index contributed by atoms with van der Waals surface area (Å²) in [5, 5.41) is 5.80.